The molecule has 0 aliphatic heterocycles. The normalized spacial score (nSPS) is 11.5. The molecule has 0 spiro atoms. The predicted molar refractivity (Wildman–Crippen MR) is 48.1 cm³/mol. The SMILES string of the molecule is C=C(C)C[C@H](O)C#CCCC. The van der Waals surface area contributed by atoms with Crippen LogP contribution < -0.4 is 0 Å². The van der Waals surface area contributed by atoms with Crippen molar-refractivity contribution in [3.63, 3.8) is 0 Å². The van der Waals surface area contributed by atoms with Crippen LogP contribution in [0.4, 0.5) is 0 Å². The smallest absolute Gasteiger partial charge is 0.118 e. The lowest BCUT2D eigenvalue weighted by atomic mass is 10.1. The fourth-order valence-electron chi connectivity index (χ4n) is 0.696. The van der Waals surface area contributed by atoms with E-state index in [1.807, 2.05) is 6.92 Å². The van der Waals surface area contributed by atoms with Gasteiger partial charge in [0.25, 0.3) is 0 Å². The van der Waals surface area contributed by atoms with Gasteiger partial charge >= 0.3 is 0 Å². The minimum Gasteiger partial charge on any atom is -0.380 e. The van der Waals surface area contributed by atoms with Gasteiger partial charge in [-0.1, -0.05) is 18.4 Å². The van der Waals surface area contributed by atoms with E-state index in [0.717, 1.165) is 18.4 Å². The van der Waals surface area contributed by atoms with Crippen molar-refractivity contribution in [1.29, 1.82) is 0 Å². The van der Waals surface area contributed by atoms with Gasteiger partial charge in [0, 0.05) is 12.8 Å². The van der Waals surface area contributed by atoms with Crippen molar-refractivity contribution in [2.75, 3.05) is 0 Å². The molecule has 0 aromatic heterocycles. The van der Waals surface area contributed by atoms with Crippen LogP contribution in [0.3, 0.4) is 0 Å². The highest BCUT2D eigenvalue weighted by atomic mass is 16.3. The van der Waals surface area contributed by atoms with Gasteiger partial charge in [0.1, 0.15) is 6.10 Å². The first-order valence-electron chi connectivity index (χ1n) is 3.97. The highest BCUT2D eigenvalue weighted by Crippen LogP contribution is 1.99. The van der Waals surface area contributed by atoms with E-state index in [1.165, 1.54) is 0 Å². The molecule has 0 saturated heterocycles. The lowest BCUT2D eigenvalue weighted by Gasteiger charge is -2.00. The maximum atomic E-state index is 9.21. The van der Waals surface area contributed by atoms with Gasteiger partial charge in [0.05, 0.1) is 0 Å². The number of unbranched alkanes of at least 4 members (excludes halogenated alkanes) is 1. The fourth-order valence-corrected chi connectivity index (χ4v) is 0.696. The number of aliphatic hydroxyl groups is 1. The van der Waals surface area contributed by atoms with Gasteiger partial charge < -0.3 is 5.11 Å². The minimum absolute atomic E-state index is 0.515. The second-order valence-corrected chi connectivity index (χ2v) is 2.75. The first kappa shape index (κ1) is 10.3. The summed E-state index contributed by atoms with van der Waals surface area (Å²) in [5.41, 5.74) is 0.975. The van der Waals surface area contributed by atoms with E-state index < -0.39 is 6.10 Å². The second kappa shape index (κ2) is 6.00. The van der Waals surface area contributed by atoms with Gasteiger partial charge in [-0.2, -0.15) is 0 Å². The summed E-state index contributed by atoms with van der Waals surface area (Å²) in [6.45, 7) is 7.66. The molecule has 0 aromatic rings. The molecular weight excluding hydrogens is 136 g/mol. The Hall–Kier alpha value is -0.740. The third-order valence-electron chi connectivity index (χ3n) is 1.19. The molecule has 0 saturated carbocycles. The lowest BCUT2D eigenvalue weighted by Crippen LogP contribution is -2.02. The van der Waals surface area contributed by atoms with E-state index in [1.54, 1.807) is 0 Å². The summed E-state index contributed by atoms with van der Waals surface area (Å²) in [5, 5.41) is 9.21. The Bertz CT molecular complexity index is 171. The van der Waals surface area contributed by atoms with E-state index in [9.17, 15) is 5.11 Å². The molecule has 0 unspecified atom stereocenters. The van der Waals surface area contributed by atoms with E-state index in [2.05, 4.69) is 25.3 Å². The van der Waals surface area contributed by atoms with E-state index in [-0.39, 0.29) is 0 Å². The van der Waals surface area contributed by atoms with Crippen LogP contribution in [0.2, 0.25) is 0 Å². The molecule has 11 heavy (non-hydrogen) atoms. The fraction of sp³-hybridized carbons (Fsp3) is 0.600. The highest BCUT2D eigenvalue weighted by Gasteiger charge is 1.96. The largest absolute Gasteiger partial charge is 0.380 e. The van der Waals surface area contributed by atoms with Gasteiger partial charge in [-0.25, -0.2) is 0 Å². The van der Waals surface area contributed by atoms with Crippen LogP contribution in [0.1, 0.15) is 33.1 Å². The quantitative estimate of drug-likeness (QED) is 0.485. The van der Waals surface area contributed by atoms with Crippen molar-refractivity contribution in [2.45, 2.75) is 39.2 Å². The number of rotatable bonds is 3. The van der Waals surface area contributed by atoms with Crippen LogP contribution in [-0.4, -0.2) is 11.2 Å². The molecule has 62 valence electrons. The maximum absolute atomic E-state index is 9.21. The molecule has 0 aliphatic carbocycles. The van der Waals surface area contributed by atoms with Crippen LogP contribution in [-0.2, 0) is 0 Å². The maximum Gasteiger partial charge on any atom is 0.118 e. The molecule has 0 bridgehead atoms. The Morgan fingerprint density at radius 3 is 2.73 bits per heavy atom. The number of hydrogen-bond donors (Lipinski definition) is 1. The summed E-state index contributed by atoms with van der Waals surface area (Å²) in [4.78, 5) is 0. The van der Waals surface area contributed by atoms with Gasteiger partial charge in [-0.05, 0) is 13.3 Å². The van der Waals surface area contributed by atoms with Crippen LogP contribution >= 0.6 is 0 Å². The summed E-state index contributed by atoms with van der Waals surface area (Å²) in [6, 6.07) is 0. The van der Waals surface area contributed by atoms with Crippen molar-refractivity contribution in [3.05, 3.63) is 12.2 Å². The lowest BCUT2D eigenvalue weighted by molar-refractivity contribution is 0.233. The average molecular weight is 152 g/mol. The highest BCUT2D eigenvalue weighted by molar-refractivity contribution is 5.08. The third-order valence-corrected chi connectivity index (χ3v) is 1.19. The Balaban J connectivity index is 3.61. The van der Waals surface area contributed by atoms with Crippen molar-refractivity contribution < 1.29 is 5.11 Å². The van der Waals surface area contributed by atoms with Crippen LogP contribution in [0, 0.1) is 11.8 Å². The summed E-state index contributed by atoms with van der Waals surface area (Å²) < 4.78 is 0. The number of aliphatic hydroxyl groups excluding tert-OH is 1. The summed E-state index contributed by atoms with van der Waals surface area (Å²) in [7, 11) is 0. The molecule has 1 N–H and O–H groups in total. The van der Waals surface area contributed by atoms with Crippen molar-refractivity contribution >= 4 is 0 Å². The molecule has 1 nitrogen and oxygen atoms in total. The van der Waals surface area contributed by atoms with Crippen LogP contribution in [0.25, 0.3) is 0 Å². The van der Waals surface area contributed by atoms with E-state index in [4.69, 9.17) is 0 Å². The van der Waals surface area contributed by atoms with Crippen molar-refractivity contribution in [2.24, 2.45) is 0 Å². The molecule has 0 fully saturated rings. The van der Waals surface area contributed by atoms with Crippen LogP contribution in [0.5, 0.6) is 0 Å². The second-order valence-electron chi connectivity index (χ2n) is 2.75. The first-order chi connectivity index (χ1) is 5.16. The number of hydrogen-bond acceptors (Lipinski definition) is 1. The molecule has 0 aliphatic rings. The first-order valence-corrected chi connectivity index (χ1v) is 3.97. The molecule has 1 heteroatoms. The molecule has 0 amide bonds. The molecule has 0 radical (unpaired) electrons. The molecule has 0 aromatic carbocycles. The van der Waals surface area contributed by atoms with E-state index in [0.29, 0.717) is 6.42 Å². The molecular formula is C10H16O. The minimum atomic E-state index is -0.515. The zero-order valence-electron chi connectivity index (χ0n) is 7.35. The third kappa shape index (κ3) is 7.15. The Kier molecular flexibility index (Phi) is 5.60. The van der Waals surface area contributed by atoms with Crippen molar-refractivity contribution in [1.82, 2.24) is 0 Å². The van der Waals surface area contributed by atoms with Gasteiger partial charge in [0.2, 0.25) is 0 Å². The Morgan fingerprint density at radius 1 is 1.64 bits per heavy atom. The summed E-state index contributed by atoms with van der Waals surface area (Å²) in [5.74, 6) is 5.66. The van der Waals surface area contributed by atoms with Gasteiger partial charge in [0.15, 0.2) is 0 Å². The van der Waals surface area contributed by atoms with Crippen molar-refractivity contribution in [3.8, 4) is 11.8 Å². The molecule has 0 rings (SSSR count). The zero-order chi connectivity index (χ0) is 8.69. The average Bonchev–Trinajstić information content (AvgIpc) is 1.86. The summed E-state index contributed by atoms with van der Waals surface area (Å²) >= 11 is 0. The van der Waals surface area contributed by atoms with Crippen LogP contribution in [0.15, 0.2) is 12.2 Å². The van der Waals surface area contributed by atoms with Gasteiger partial charge in [-0.15, -0.1) is 12.5 Å². The molecule has 0 heterocycles. The molecule has 1 atom stereocenters. The Morgan fingerprint density at radius 2 is 2.27 bits per heavy atom. The van der Waals surface area contributed by atoms with Gasteiger partial charge in [-0.3, -0.25) is 0 Å². The monoisotopic (exact) mass is 152 g/mol. The standard InChI is InChI=1S/C10H16O/c1-4-5-6-7-10(11)8-9(2)3/h10-11H,2,4-5,8H2,1,3H3/t10-/m1/s1. The Labute approximate surface area is 69.1 Å². The summed E-state index contributed by atoms with van der Waals surface area (Å²) in [6.07, 6.45) is 2.00. The topological polar surface area (TPSA) is 20.2 Å². The zero-order valence-corrected chi connectivity index (χ0v) is 7.35. The predicted octanol–water partition coefficient (Wildman–Crippen LogP) is 2.12. The van der Waals surface area contributed by atoms with E-state index >= 15 is 0 Å².